The van der Waals surface area contributed by atoms with Crippen LogP contribution in [-0.4, -0.2) is 34.9 Å². The maximum absolute atomic E-state index is 12.4. The summed E-state index contributed by atoms with van der Waals surface area (Å²) in [6, 6.07) is 9.23. The summed E-state index contributed by atoms with van der Waals surface area (Å²) in [5, 5.41) is 22.3. The maximum atomic E-state index is 12.4. The number of aromatic hydroxyl groups is 1. The third-order valence-electron chi connectivity index (χ3n) is 5.28. The predicted octanol–water partition coefficient (Wildman–Crippen LogP) is 1.39. The second kappa shape index (κ2) is 7.75. The van der Waals surface area contributed by atoms with E-state index in [0.29, 0.717) is 16.7 Å². The van der Waals surface area contributed by atoms with Crippen LogP contribution in [0.1, 0.15) is 11.1 Å². The van der Waals surface area contributed by atoms with Gasteiger partial charge in [-0.1, -0.05) is 12.1 Å². The van der Waals surface area contributed by atoms with Crippen molar-refractivity contribution >= 4 is 28.6 Å². The molecule has 0 aliphatic heterocycles. The number of aromatic nitrogens is 4. The third kappa shape index (κ3) is 3.52. The lowest BCUT2D eigenvalue weighted by molar-refractivity contribution is -0.383. The van der Waals surface area contributed by atoms with Gasteiger partial charge < -0.3 is 5.11 Å². The Morgan fingerprint density at radius 1 is 1.09 bits per heavy atom. The molecule has 2 heterocycles. The number of rotatable bonds is 4. The summed E-state index contributed by atoms with van der Waals surface area (Å²) in [5.41, 5.74) is -1.19. The van der Waals surface area contributed by atoms with Crippen molar-refractivity contribution in [1.82, 2.24) is 18.7 Å². The molecule has 2 N–H and O–H groups in total. The van der Waals surface area contributed by atoms with E-state index in [0.717, 1.165) is 16.3 Å². The summed E-state index contributed by atoms with van der Waals surface area (Å²) in [6.45, 7) is 1.80. The molecule has 0 aliphatic carbocycles. The summed E-state index contributed by atoms with van der Waals surface area (Å²) in [7, 11) is 3.00. The Hall–Kier alpha value is -4.74. The molecule has 0 spiro atoms. The summed E-state index contributed by atoms with van der Waals surface area (Å²) < 4.78 is 3.47. The lowest BCUT2D eigenvalue weighted by Gasteiger charge is -2.10. The van der Waals surface area contributed by atoms with Crippen LogP contribution < -0.4 is 16.9 Å². The molecule has 0 saturated heterocycles. The fraction of sp³-hybridized carbons (Fsp3) is 0.143. The zero-order valence-electron chi connectivity index (χ0n) is 17.8. The van der Waals surface area contributed by atoms with E-state index in [1.165, 1.54) is 35.4 Å². The number of imidazole rings is 1. The van der Waals surface area contributed by atoms with E-state index >= 15 is 0 Å². The van der Waals surface area contributed by atoms with E-state index in [1.54, 1.807) is 31.2 Å². The topological polar surface area (TPSA) is 158 Å². The van der Waals surface area contributed by atoms with Gasteiger partial charge in [0.25, 0.3) is 11.2 Å². The molecule has 0 radical (unpaired) electrons. The Bertz CT molecular complexity index is 1650. The molecule has 0 aliphatic rings. The van der Waals surface area contributed by atoms with Gasteiger partial charge >= 0.3 is 11.4 Å². The molecule has 12 heteroatoms. The second-order valence-corrected chi connectivity index (χ2v) is 7.42. The van der Waals surface area contributed by atoms with Gasteiger partial charge in [0.15, 0.2) is 0 Å². The number of nitro benzene ring substituents is 1. The lowest BCUT2D eigenvalue weighted by atomic mass is 10.2. The SMILES string of the molecule is Cc1cccc(-n2c(O)c(C=Nc3cc4c(cc3[N+](=O)[O-])n(C)c(=O)n4C)c(=O)[nH]c2=O)c1. The number of nitrogens with zero attached hydrogens (tertiary/aromatic N) is 5. The van der Waals surface area contributed by atoms with Gasteiger partial charge in [0, 0.05) is 26.4 Å². The number of aryl methyl sites for hydroxylation is 3. The van der Waals surface area contributed by atoms with E-state index in [-0.39, 0.29) is 16.9 Å². The number of fused-ring (bicyclic) bond motifs is 1. The Morgan fingerprint density at radius 3 is 2.39 bits per heavy atom. The average Bonchev–Trinajstić information content (AvgIpc) is 2.96. The minimum absolute atomic E-state index is 0.138. The number of hydrogen-bond donors (Lipinski definition) is 2. The van der Waals surface area contributed by atoms with Gasteiger partial charge in [-0.3, -0.25) is 29.0 Å². The van der Waals surface area contributed by atoms with Crippen molar-refractivity contribution in [2.45, 2.75) is 6.92 Å². The molecule has 0 amide bonds. The number of benzene rings is 2. The largest absolute Gasteiger partial charge is 0.493 e. The highest BCUT2D eigenvalue weighted by atomic mass is 16.6. The van der Waals surface area contributed by atoms with Crippen LogP contribution in [0.25, 0.3) is 16.7 Å². The average molecular weight is 450 g/mol. The van der Waals surface area contributed by atoms with Gasteiger partial charge in [0.2, 0.25) is 5.88 Å². The highest BCUT2D eigenvalue weighted by molar-refractivity contribution is 5.89. The first-order valence-electron chi connectivity index (χ1n) is 9.63. The van der Waals surface area contributed by atoms with Gasteiger partial charge in [0.05, 0.1) is 21.6 Å². The van der Waals surface area contributed by atoms with E-state index in [1.807, 2.05) is 0 Å². The zero-order chi connectivity index (χ0) is 24.0. The molecule has 12 nitrogen and oxygen atoms in total. The van der Waals surface area contributed by atoms with Gasteiger partial charge in [0.1, 0.15) is 11.3 Å². The predicted molar refractivity (Wildman–Crippen MR) is 121 cm³/mol. The number of aromatic amines is 1. The first kappa shape index (κ1) is 21.5. The summed E-state index contributed by atoms with van der Waals surface area (Å²) in [4.78, 5) is 54.0. The van der Waals surface area contributed by atoms with Crippen molar-refractivity contribution in [3.63, 3.8) is 0 Å². The Balaban J connectivity index is 1.92. The van der Waals surface area contributed by atoms with Crippen LogP contribution in [0.5, 0.6) is 5.88 Å². The standard InChI is InChI=1S/C21H18N6O6/c1-11-5-4-6-12(7-11)26-19(29)13(18(28)23-20(26)30)10-22-14-8-16-17(9-15(14)27(32)33)25(3)21(31)24(16)2/h4-10,29H,1-3H3,(H,23,28,30). The molecule has 0 bridgehead atoms. The Kier molecular flexibility index (Phi) is 5.04. The molecule has 33 heavy (non-hydrogen) atoms. The van der Waals surface area contributed by atoms with Gasteiger partial charge in [-0.2, -0.15) is 0 Å². The summed E-state index contributed by atoms with van der Waals surface area (Å²) >= 11 is 0. The molecule has 0 saturated carbocycles. The molecule has 0 unspecified atom stereocenters. The molecule has 2 aromatic carbocycles. The summed E-state index contributed by atoms with van der Waals surface area (Å²) in [6.07, 6.45) is 0.940. The van der Waals surface area contributed by atoms with E-state index < -0.39 is 27.7 Å². The van der Waals surface area contributed by atoms with E-state index in [2.05, 4.69) is 9.98 Å². The van der Waals surface area contributed by atoms with Crippen LogP contribution in [0.2, 0.25) is 0 Å². The molecule has 4 rings (SSSR count). The first-order valence-corrected chi connectivity index (χ1v) is 9.63. The van der Waals surface area contributed by atoms with Crippen LogP contribution >= 0.6 is 0 Å². The third-order valence-corrected chi connectivity index (χ3v) is 5.28. The van der Waals surface area contributed by atoms with Gasteiger partial charge in [-0.05, 0) is 30.7 Å². The Labute approximate surface area is 184 Å². The number of hydrogen-bond acceptors (Lipinski definition) is 7. The monoisotopic (exact) mass is 450 g/mol. The van der Waals surface area contributed by atoms with Crippen LogP contribution in [0.15, 0.2) is 55.8 Å². The molecule has 4 aromatic rings. The fourth-order valence-electron chi connectivity index (χ4n) is 3.57. The summed E-state index contributed by atoms with van der Waals surface area (Å²) in [5.74, 6) is -0.672. The quantitative estimate of drug-likeness (QED) is 0.272. The van der Waals surface area contributed by atoms with E-state index in [9.17, 15) is 29.6 Å². The molecule has 2 aromatic heterocycles. The normalized spacial score (nSPS) is 11.5. The van der Waals surface area contributed by atoms with Gasteiger partial charge in [-0.25, -0.2) is 19.1 Å². The van der Waals surface area contributed by atoms with Crippen LogP contribution in [0.4, 0.5) is 11.4 Å². The zero-order valence-corrected chi connectivity index (χ0v) is 17.8. The van der Waals surface area contributed by atoms with Gasteiger partial charge in [-0.15, -0.1) is 0 Å². The molecular weight excluding hydrogens is 432 g/mol. The van der Waals surface area contributed by atoms with Crippen molar-refractivity contribution < 1.29 is 10.0 Å². The van der Waals surface area contributed by atoms with Crippen LogP contribution in [-0.2, 0) is 14.1 Å². The number of nitrogens with one attached hydrogen (secondary N) is 1. The minimum atomic E-state index is -0.916. The second-order valence-electron chi connectivity index (χ2n) is 7.42. The highest BCUT2D eigenvalue weighted by Gasteiger charge is 2.20. The molecule has 0 atom stereocenters. The fourth-order valence-corrected chi connectivity index (χ4v) is 3.57. The highest BCUT2D eigenvalue weighted by Crippen LogP contribution is 2.32. The van der Waals surface area contributed by atoms with E-state index in [4.69, 9.17) is 0 Å². The molecule has 0 fully saturated rings. The number of aliphatic imine (C=N–C) groups is 1. The number of H-pyrrole nitrogens is 1. The van der Waals surface area contributed by atoms with Crippen molar-refractivity contribution in [3.8, 4) is 11.6 Å². The smallest absolute Gasteiger partial charge is 0.335 e. The van der Waals surface area contributed by atoms with Crippen molar-refractivity contribution in [3.05, 3.63) is 89.0 Å². The van der Waals surface area contributed by atoms with Crippen LogP contribution in [0, 0.1) is 17.0 Å². The number of nitro groups is 1. The van der Waals surface area contributed by atoms with Crippen molar-refractivity contribution in [2.24, 2.45) is 19.1 Å². The maximum Gasteiger partial charge on any atom is 0.335 e. The Morgan fingerprint density at radius 2 is 1.76 bits per heavy atom. The van der Waals surface area contributed by atoms with Crippen molar-refractivity contribution in [1.29, 1.82) is 0 Å². The first-order chi connectivity index (χ1) is 15.6. The molecule has 168 valence electrons. The lowest BCUT2D eigenvalue weighted by Crippen LogP contribution is -2.31. The minimum Gasteiger partial charge on any atom is -0.493 e. The molecular formula is C21H18N6O6. The van der Waals surface area contributed by atoms with Crippen LogP contribution in [0.3, 0.4) is 0 Å². The van der Waals surface area contributed by atoms with Crippen molar-refractivity contribution in [2.75, 3.05) is 0 Å².